The van der Waals surface area contributed by atoms with E-state index in [1.165, 1.54) is 10.4 Å². The van der Waals surface area contributed by atoms with Gasteiger partial charge >= 0.3 is 0 Å². The van der Waals surface area contributed by atoms with E-state index in [0.29, 0.717) is 60.9 Å². The van der Waals surface area contributed by atoms with Gasteiger partial charge < -0.3 is 10.2 Å². The monoisotopic (exact) mass is 491 g/mol. The van der Waals surface area contributed by atoms with Gasteiger partial charge in [0.2, 0.25) is 15.9 Å². The van der Waals surface area contributed by atoms with Crippen LogP contribution in [0, 0.1) is 12.8 Å². The molecule has 0 radical (unpaired) electrons. The maximum atomic E-state index is 13.0. The number of nitrogens with one attached hydrogen (secondary N) is 1. The molecule has 1 heterocycles. The van der Waals surface area contributed by atoms with Gasteiger partial charge in [-0.3, -0.25) is 9.59 Å². The van der Waals surface area contributed by atoms with Crippen LogP contribution < -0.4 is 5.32 Å². The number of likely N-dealkylation sites (tertiary alicyclic amines) is 1. The summed E-state index contributed by atoms with van der Waals surface area (Å²) in [6.45, 7) is 6.96. The topological polar surface area (TPSA) is 86.8 Å². The minimum absolute atomic E-state index is 0.132. The molecule has 7 nitrogen and oxygen atoms in total. The second-order valence-electron chi connectivity index (χ2n) is 8.16. The lowest BCUT2D eigenvalue weighted by Gasteiger charge is -2.32. The van der Waals surface area contributed by atoms with Crippen molar-refractivity contribution in [1.82, 2.24) is 9.21 Å². The van der Waals surface area contributed by atoms with Crippen molar-refractivity contribution in [2.75, 3.05) is 31.5 Å². The lowest BCUT2D eigenvalue weighted by molar-refractivity contribution is -0.121. The number of sulfonamides is 1. The smallest absolute Gasteiger partial charge is 0.253 e. The third-order valence-electron chi connectivity index (χ3n) is 5.95. The van der Waals surface area contributed by atoms with E-state index in [0.717, 1.165) is 0 Å². The number of halogens is 1. The number of anilines is 1. The van der Waals surface area contributed by atoms with E-state index in [9.17, 15) is 18.0 Å². The van der Waals surface area contributed by atoms with Gasteiger partial charge in [-0.15, -0.1) is 0 Å². The van der Waals surface area contributed by atoms with E-state index in [1.807, 2.05) is 0 Å². The molecule has 0 unspecified atom stereocenters. The van der Waals surface area contributed by atoms with Crippen molar-refractivity contribution < 1.29 is 18.0 Å². The highest BCUT2D eigenvalue weighted by Gasteiger charge is 2.30. The molecule has 0 aliphatic carbocycles. The maximum Gasteiger partial charge on any atom is 0.253 e. The predicted octanol–water partition coefficient (Wildman–Crippen LogP) is 4.17. The SMILES string of the molecule is CCN(CC)S(=O)(=O)c1cc(NC(=O)[C@H]2CCCN(C(=O)c3ccc(Cl)cc3)C2)ccc1C. The summed E-state index contributed by atoms with van der Waals surface area (Å²) >= 11 is 5.91. The first-order valence-corrected chi connectivity index (χ1v) is 13.0. The molecule has 33 heavy (non-hydrogen) atoms. The summed E-state index contributed by atoms with van der Waals surface area (Å²) in [6, 6.07) is 11.6. The van der Waals surface area contributed by atoms with Crippen molar-refractivity contribution in [2.45, 2.75) is 38.5 Å². The van der Waals surface area contributed by atoms with Gasteiger partial charge in [0.05, 0.1) is 10.8 Å². The maximum absolute atomic E-state index is 13.0. The van der Waals surface area contributed by atoms with Crippen LogP contribution in [0.4, 0.5) is 5.69 Å². The Labute approximate surface area is 200 Å². The number of amides is 2. The highest BCUT2D eigenvalue weighted by molar-refractivity contribution is 7.89. The lowest BCUT2D eigenvalue weighted by atomic mass is 9.96. The van der Waals surface area contributed by atoms with Crippen molar-refractivity contribution in [3.05, 3.63) is 58.6 Å². The van der Waals surface area contributed by atoms with Crippen LogP contribution in [0.25, 0.3) is 0 Å². The molecule has 0 spiro atoms. The van der Waals surface area contributed by atoms with Crippen LogP contribution in [-0.2, 0) is 14.8 Å². The molecule has 0 aromatic heterocycles. The molecule has 1 saturated heterocycles. The van der Waals surface area contributed by atoms with Crippen LogP contribution in [0.3, 0.4) is 0 Å². The fraction of sp³-hybridized carbons (Fsp3) is 0.417. The molecule has 2 aromatic carbocycles. The lowest BCUT2D eigenvalue weighted by Crippen LogP contribution is -2.43. The summed E-state index contributed by atoms with van der Waals surface area (Å²) in [5.74, 6) is -0.732. The molecule has 178 valence electrons. The highest BCUT2D eigenvalue weighted by atomic mass is 35.5. The number of rotatable bonds is 7. The third kappa shape index (κ3) is 5.75. The zero-order chi connectivity index (χ0) is 24.2. The van der Waals surface area contributed by atoms with E-state index >= 15 is 0 Å². The van der Waals surface area contributed by atoms with Gasteiger partial charge in [0, 0.05) is 42.5 Å². The van der Waals surface area contributed by atoms with Crippen molar-refractivity contribution >= 4 is 39.1 Å². The van der Waals surface area contributed by atoms with Crippen LogP contribution in [-0.4, -0.2) is 55.6 Å². The molecule has 1 N–H and O–H groups in total. The number of benzene rings is 2. The molecule has 1 atom stereocenters. The van der Waals surface area contributed by atoms with E-state index in [-0.39, 0.29) is 22.6 Å². The second kappa shape index (κ2) is 10.7. The molecule has 0 saturated carbocycles. The van der Waals surface area contributed by atoms with Crippen LogP contribution >= 0.6 is 11.6 Å². The molecule has 2 aromatic rings. The van der Waals surface area contributed by atoms with Gasteiger partial charge in [-0.05, 0) is 61.7 Å². The summed E-state index contributed by atoms with van der Waals surface area (Å²) in [5, 5.41) is 3.41. The quantitative estimate of drug-likeness (QED) is 0.629. The molecule has 2 amide bonds. The molecule has 1 fully saturated rings. The molecule has 3 rings (SSSR count). The predicted molar refractivity (Wildman–Crippen MR) is 130 cm³/mol. The van der Waals surface area contributed by atoms with E-state index in [1.54, 1.807) is 62.1 Å². The Kier molecular flexibility index (Phi) is 8.15. The first-order valence-electron chi connectivity index (χ1n) is 11.1. The molecule has 1 aliphatic heterocycles. The normalized spacial score (nSPS) is 16.6. The van der Waals surface area contributed by atoms with Crippen molar-refractivity contribution in [1.29, 1.82) is 0 Å². The number of hydrogen-bond acceptors (Lipinski definition) is 4. The van der Waals surface area contributed by atoms with E-state index in [4.69, 9.17) is 11.6 Å². The van der Waals surface area contributed by atoms with Crippen molar-refractivity contribution in [2.24, 2.45) is 5.92 Å². The molecule has 1 aliphatic rings. The minimum atomic E-state index is -3.65. The van der Waals surface area contributed by atoms with Crippen LogP contribution in [0.5, 0.6) is 0 Å². The van der Waals surface area contributed by atoms with Crippen molar-refractivity contribution in [3.63, 3.8) is 0 Å². The van der Waals surface area contributed by atoms with Gasteiger partial charge in [-0.2, -0.15) is 4.31 Å². The average Bonchev–Trinajstić information content (AvgIpc) is 2.81. The molecular formula is C24H30ClN3O4S. The highest BCUT2D eigenvalue weighted by Crippen LogP contribution is 2.25. The van der Waals surface area contributed by atoms with Gasteiger partial charge in [0.25, 0.3) is 5.91 Å². The van der Waals surface area contributed by atoms with E-state index in [2.05, 4.69) is 5.32 Å². The van der Waals surface area contributed by atoms with E-state index < -0.39 is 10.0 Å². The third-order valence-corrected chi connectivity index (χ3v) is 8.39. The Morgan fingerprint density at radius 1 is 1.12 bits per heavy atom. The number of carbonyl (C=O) groups excluding carboxylic acids is 2. The standard InChI is InChI=1S/C24H30ClN3O4S/c1-4-28(5-2)33(31,32)22-15-21(13-8-17(22)3)26-23(29)19-7-6-14-27(16-19)24(30)18-9-11-20(25)12-10-18/h8-13,15,19H,4-7,14,16H2,1-3H3,(H,26,29)/t19-/m0/s1. The van der Waals surface area contributed by atoms with Gasteiger partial charge in [0.15, 0.2) is 0 Å². The van der Waals surface area contributed by atoms with Crippen LogP contribution in [0.1, 0.15) is 42.6 Å². The van der Waals surface area contributed by atoms with Gasteiger partial charge in [-0.25, -0.2) is 8.42 Å². The first-order chi connectivity index (χ1) is 15.7. The fourth-order valence-corrected chi connectivity index (χ4v) is 5.89. The number of nitrogens with zero attached hydrogens (tertiary/aromatic N) is 2. The second-order valence-corrected chi connectivity index (χ2v) is 10.5. The fourth-order valence-electron chi connectivity index (χ4n) is 4.05. The first kappa shape index (κ1) is 25.2. The Morgan fingerprint density at radius 3 is 2.42 bits per heavy atom. The Morgan fingerprint density at radius 2 is 1.79 bits per heavy atom. The zero-order valence-corrected chi connectivity index (χ0v) is 20.7. The summed E-state index contributed by atoms with van der Waals surface area (Å²) < 4.78 is 27.4. The number of piperidine rings is 1. The zero-order valence-electron chi connectivity index (χ0n) is 19.2. The van der Waals surface area contributed by atoms with Crippen LogP contribution in [0.15, 0.2) is 47.4 Å². The number of hydrogen-bond donors (Lipinski definition) is 1. The molecular weight excluding hydrogens is 462 g/mol. The minimum Gasteiger partial charge on any atom is -0.338 e. The Balaban J connectivity index is 1.73. The summed E-state index contributed by atoms with van der Waals surface area (Å²) in [7, 11) is -3.65. The van der Waals surface area contributed by atoms with Gasteiger partial charge in [-0.1, -0.05) is 31.5 Å². The number of aryl methyl sites for hydroxylation is 1. The Bertz CT molecular complexity index is 1120. The number of carbonyl (C=O) groups is 2. The average molecular weight is 492 g/mol. The summed E-state index contributed by atoms with van der Waals surface area (Å²) in [5.41, 5.74) is 1.58. The largest absolute Gasteiger partial charge is 0.338 e. The van der Waals surface area contributed by atoms with Crippen molar-refractivity contribution in [3.8, 4) is 0 Å². The Hall–Kier alpha value is -2.42. The van der Waals surface area contributed by atoms with Crippen LogP contribution in [0.2, 0.25) is 5.02 Å². The van der Waals surface area contributed by atoms with Gasteiger partial charge in [0.1, 0.15) is 0 Å². The molecule has 9 heteroatoms. The molecule has 0 bridgehead atoms. The summed E-state index contributed by atoms with van der Waals surface area (Å²) in [4.78, 5) is 27.7. The summed E-state index contributed by atoms with van der Waals surface area (Å²) in [6.07, 6.45) is 1.37.